The van der Waals surface area contributed by atoms with Gasteiger partial charge in [0, 0.05) is 16.7 Å². The van der Waals surface area contributed by atoms with E-state index in [1.165, 1.54) is 0 Å². The molecule has 1 heterocycles. The minimum absolute atomic E-state index is 0.0213. The number of ether oxygens (including phenoxy) is 3. The summed E-state index contributed by atoms with van der Waals surface area (Å²) in [6.45, 7) is 1.56. The molecule has 1 aliphatic heterocycles. The van der Waals surface area contributed by atoms with Crippen molar-refractivity contribution in [2.24, 2.45) is 5.73 Å². The van der Waals surface area contributed by atoms with Gasteiger partial charge in [-0.2, -0.15) is 5.26 Å². The predicted octanol–water partition coefficient (Wildman–Crippen LogP) is 6.00. The number of halogens is 1. The van der Waals surface area contributed by atoms with E-state index in [9.17, 15) is 10.1 Å². The summed E-state index contributed by atoms with van der Waals surface area (Å²) >= 11 is 5.96. The molecular weight excluding hydrogens is 476 g/mol. The number of carbonyl (C=O) groups excluding carboxylic acids is 1. The Balaban J connectivity index is 1.42. The Bertz CT molecular complexity index is 1570. The molecule has 4 aromatic rings. The van der Waals surface area contributed by atoms with E-state index in [0.29, 0.717) is 22.1 Å². The SMILES string of the molecule is Cc1cc(Cl)ccc1OCC(=O)Oc1ccc2c(c1)OC(N)=C(C#N)C2c1cccc2ccccc12. The maximum atomic E-state index is 12.4. The van der Waals surface area contributed by atoms with Crippen LogP contribution in [0, 0.1) is 18.3 Å². The van der Waals surface area contributed by atoms with Gasteiger partial charge < -0.3 is 19.9 Å². The zero-order valence-corrected chi connectivity index (χ0v) is 20.1. The Labute approximate surface area is 213 Å². The monoisotopic (exact) mass is 496 g/mol. The third-order valence-corrected chi connectivity index (χ3v) is 6.27. The molecule has 0 radical (unpaired) electrons. The lowest BCUT2D eigenvalue weighted by Gasteiger charge is -2.27. The first kappa shape index (κ1) is 23.3. The molecular formula is C29H21ClN2O4. The molecule has 4 aromatic carbocycles. The Morgan fingerprint density at radius 3 is 2.67 bits per heavy atom. The van der Waals surface area contributed by atoms with E-state index in [0.717, 1.165) is 27.5 Å². The van der Waals surface area contributed by atoms with Gasteiger partial charge in [-0.1, -0.05) is 60.1 Å². The van der Waals surface area contributed by atoms with Crippen LogP contribution in [-0.2, 0) is 4.79 Å². The number of nitrogens with two attached hydrogens (primary N) is 1. The fraction of sp³-hybridized carbons (Fsp3) is 0.103. The van der Waals surface area contributed by atoms with Gasteiger partial charge in [-0.25, -0.2) is 4.79 Å². The number of fused-ring (bicyclic) bond motifs is 2. The topological polar surface area (TPSA) is 94.6 Å². The fourth-order valence-electron chi connectivity index (χ4n) is 4.39. The van der Waals surface area contributed by atoms with Crippen LogP contribution in [0.3, 0.4) is 0 Å². The number of rotatable bonds is 5. The highest BCUT2D eigenvalue weighted by molar-refractivity contribution is 6.30. The first-order chi connectivity index (χ1) is 17.4. The van der Waals surface area contributed by atoms with E-state index < -0.39 is 11.9 Å². The normalized spacial score (nSPS) is 14.5. The van der Waals surface area contributed by atoms with Crippen LogP contribution in [0.15, 0.2) is 90.3 Å². The Morgan fingerprint density at radius 2 is 1.86 bits per heavy atom. The van der Waals surface area contributed by atoms with Crippen molar-refractivity contribution in [1.82, 2.24) is 0 Å². The first-order valence-electron chi connectivity index (χ1n) is 11.2. The van der Waals surface area contributed by atoms with Gasteiger partial charge in [-0.3, -0.25) is 0 Å². The molecule has 178 valence electrons. The summed E-state index contributed by atoms with van der Waals surface area (Å²) in [6, 6.07) is 26.3. The third kappa shape index (κ3) is 4.45. The summed E-state index contributed by atoms with van der Waals surface area (Å²) in [5, 5.41) is 12.6. The number of aryl methyl sites for hydroxylation is 1. The molecule has 0 aromatic heterocycles. The number of hydrogen-bond acceptors (Lipinski definition) is 6. The standard InChI is InChI=1S/C29H21ClN2O4/c1-17-13-19(30)9-12-25(17)34-16-27(33)35-20-10-11-23-26(14-20)36-29(32)24(15-31)28(23)22-8-4-6-18-5-2-3-7-21(18)22/h2-14,28H,16,32H2,1H3. The summed E-state index contributed by atoms with van der Waals surface area (Å²) in [5.74, 6) is 0.264. The highest BCUT2D eigenvalue weighted by Crippen LogP contribution is 2.45. The lowest BCUT2D eigenvalue weighted by atomic mass is 9.81. The van der Waals surface area contributed by atoms with Crippen molar-refractivity contribution in [3.63, 3.8) is 0 Å². The van der Waals surface area contributed by atoms with Gasteiger partial charge in [0.1, 0.15) is 28.9 Å². The third-order valence-electron chi connectivity index (χ3n) is 6.04. The molecule has 1 unspecified atom stereocenters. The quantitative estimate of drug-likeness (QED) is 0.269. The van der Waals surface area contributed by atoms with Crippen LogP contribution in [0.5, 0.6) is 17.2 Å². The lowest BCUT2D eigenvalue weighted by molar-refractivity contribution is -0.136. The van der Waals surface area contributed by atoms with E-state index in [4.69, 9.17) is 31.5 Å². The molecule has 36 heavy (non-hydrogen) atoms. The van der Waals surface area contributed by atoms with Crippen LogP contribution in [0.1, 0.15) is 22.6 Å². The maximum Gasteiger partial charge on any atom is 0.349 e. The van der Waals surface area contributed by atoms with E-state index in [1.807, 2.05) is 49.4 Å². The minimum atomic E-state index is -0.577. The van der Waals surface area contributed by atoms with E-state index in [1.54, 1.807) is 36.4 Å². The Kier molecular flexibility index (Phi) is 6.24. The molecule has 0 spiro atoms. The number of nitrogens with zero attached hydrogens (tertiary/aromatic N) is 1. The van der Waals surface area contributed by atoms with Gasteiger partial charge in [0.2, 0.25) is 5.88 Å². The number of hydrogen-bond donors (Lipinski definition) is 1. The summed E-state index contributed by atoms with van der Waals surface area (Å²) in [4.78, 5) is 12.4. The van der Waals surface area contributed by atoms with E-state index in [-0.39, 0.29) is 18.2 Å². The van der Waals surface area contributed by atoms with Gasteiger partial charge in [0.25, 0.3) is 0 Å². The molecule has 0 saturated heterocycles. The number of allylic oxidation sites excluding steroid dienone is 1. The average Bonchev–Trinajstić information content (AvgIpc) is 2.87. The fourth-order valence-corrected chi connectivity index (χ4v) is 4.62. The Morgan fingerprint density at radius 1 is 1.06 bits per heavy atom. The van der Waals surface area contributed by atoms with Crippen LogP contribution < -0.4 is 19.9 Å². The molecule has 0 fully saturated rings. The van der Waals surface area contributed by atoms with Crippen molar-refractivity contribution in [2.45, 2.75) is 12.8 Å². The van der Waals surface area contributed by atoms with Gasteiger partial charge in [0.05, 0.1) is 5.92 Å². The number of nitriles is 1. The van der Waals surface area contributed by atoms with Crippen molar-refractivity contribution in [1.29, 1.82) is 5.26 Å². The zero-order chi connectivity index (χ0) is 25.2. The van der Waals surface area contributed by atoms with Crippen LogP contribution in [0.25, 0.3) is 10.8 Å². The van der Waals surface area contributed by atoms with E-state index >= 15 is 0 Å². The van der Waals surface area contributed by atoms with Crippen molar-refractivity contribution in [2.75, 3.05) is 6.61 Å². The van der Waals surface area contributed by atoms with E-state index in [2.05, 4.69) is 6.07 Å². The van der Waals surface area contributed by atoms with Gasteiger partial charge in [0.15, 0.2) is 6.61 Å². The van der Waals surface area contributed by atoms with Gasteiger partial charge in [-0.15, -0.1) is 0 Å². The molecule has 5 rings (SSSR count). The van der Waals surface area contributed by atoms with Crippen molar-refractivity contribution >= 4 is 28.3 Å². The van der Waals surface area contributed by atoms with Crippen LogP contribution >= 0.6 is 11.6 Å². The van der Waals surface area contributed by atoms with Gasteiger partial charge >= 0.3 is 5.97 Å². The second-order valence-electron chi connectivity index (χ2n) is 8.37. The van der Waals surface area contributed by atoms with Crippen molar-refractivity contribution in [3.05, 3.63) is 112 Å². The van der Waals surface area contributed by atoms with Crippen molar-refractivity contribution < 1.29 is 19.0 Å². The second kappa shape index (κ2) is 9.65. The Hall–Kier alpha value is -4.47. The summed E-state index contributed by atoms with van der Waals surface area (Å²) in [7, 11) is 0. The molecule has 0 saturated carbocycles. The number of benzene rings is 4. The first-order valence-corrected chi connectivity index (χ1v) is 11.6. The van der Waals surface area contributed by atoms with Crippen LogP contribution in [0.4, 0.5) is 0 Å². The maximum absolute atomic E-state index is 12.4. The predicted molar refractivity (Wildman–Crippen MR) is 137 cm³/mol. The lowest BCUT2D eigenvalue weighted by Crippen LogP contribution is -2.22. The molecule has 0 bridgehead atoms. The van der Waals surface area contributed by atoms with Crippen molar-refractivity contribution in [3.8, 4) is 23.3 Å². The van der Waals surface area contributed by atoms with Crippen LogP contribution in [0.2, 0.25) is 5.02 Å². The molecule has 1 aliphatic rings. The summed E-state index contributed by atoms with van der Waals surface area (Å²) in [6.07, 6.45) is 0. The minimum Gasteiger partial charge on any atom is -0.482 e. The average molecular weight is 497 g/mol. The largest absolute Gasteiger partial charge is 0.482 e. The molecule has 1 atom stereocenters. The zero-order valence-electron chi connectivity index (χ0n) is 19.3. The molecule has 2 N–H and O–H groups in total. The molecule has 0 aliphatic carbocycles. The highest BCUT2D eigenvalue weighted by Gasteiger charge is 2.32. The number of carbonyl (C=O) groups is 1. The highest BCUT2D eigenvalue weighted by atomic mass is 35.5. The second-order valence-corrected chi connectivity index (χ2v) is 8.80. The van der Waals surface area contributed by atoms with Gasteiger partial charge in [-0.05, 0) is 53.1 Å². The van der Waals surface area contributed by atoms with Crippen LogP contribution in [-0.4, -0.2) is 12.6 Å². The molecule has 6 nitrogen and oxygen atoms in total. The number of esters is 1. The molecule has 7 heteroatoms. The smallest absolute Gasteiger partial charge is 0.349 e. The summed E-state index contributed by atoms with van der Waals surface area (Å²) in [5.41, 5.74) is 9.00. The summed E-state index contributed by atoms with van der Waals surface area (Å²) < 4.78 is 16.8. The molecule has 0 amide bonds.